The molecule has 0 radical (unpaired) electrons. The van der Waals surface area contributed by atoms with E-state index in [0.717, 1.165) is 30.2 Å². The van der Waals surface area contributed by atoms with Gasteiger partial charge in [0.05, 0.1) is 28.0 Å². The smallest absolute Gasteiger partial charge is 0.335 e. The Labute approximate surface area is 249 Å². The van der Waals surface area contributed by atoms with Crippen LogP contribution in [-0.4, -0.2) is 34.3 Å². The molecule has 41 heavy (non-hydrogen) atoms. The van der Waals surface area contributed by atoms with Gasteiger partial charge in [0.25, 0.3) is 0 Å². The van der Waals surface area contributed by atoms with Crippen LogP contribution in [0.2, 0.25) is 5.02 Å². The minimum Gasteiger partial charge on any atom is -0.478 e. The third-order valence-corrected chi connectivity index (χ3v) is 8.45. The molecule has 2 N–H and O–H groups in total. The number of nitrogens with one attached hydrogen (secondary N) is 1. The Balaban J connectivity index is 1.38. The van der Waals surface area contributed by atoms with Crippen molar-refractivity contribution in [3.8, 4) is 11.3 Å². The predicted molar refractivity (Wildman–Crippen MR) is 166 cm³/mol. The third-order valence-electron chi connectivity index (χ3n) is 7.83. The maximum absolute atomic E-state index is 11.5. The molecule has 0 spiro atoms. The zero-order valence-electron chi connectivity index (χ0n) is 22.8. The number of carboxylic acids is 1. The summed E-state index contributed by atoms with van der Waals surface area (Å²) in [5, 5.41) is 14.1. The number of furan rings is 1. The number of hydrogen-bond donors (Lipinski definition) is 2. The summed E-state index contributed by atoms with van der Waals surface area (Å²) in [5.74, 6) is 1.47. The highest BCUT2D eigenvalue weighted by atomic mass is 35.5. The Morgan fingerprint density at radius 1 is 1.05 bits per heavy atom. The number of benzene rings is 2. The summed E-state index contributed by atoms with van der Waals surface area (Å²) in [5.41, 5.74) is 3.59. The second-order valence-corrected chi connectivity index (χ2v) is 11.9. The number of piperidine rings is 1. The van der Waals surface area contributed by atoms with Gasteiger partial charge in [-0.2, -0.15) is 0 Å². The van der Waals surface area contributed by atoms with E-state index in [4.69, 9.17) is 28.2 Å². The van der Waals surface area contributed by atoms with Crippen LogP contribution in [0.5, 0.6) is 0 Å². The Morgan fingerprint density at radius 2 is 1.85 bits per heavy atom. The molecule has 0 amide bonds. The molecule has 7 nitrogen and oxygen atoms in total. The molecular formula is C32H31ClN4O3S. The molecule has 0 unspecified atom stereocenters. The number of halogens is 1. The average Bonchev–Trinajstić information content (AvgIpc) is 3.57. The van der Waals surface area contributed by atoms with E-state index in [9.17, 15) is 9.90 Å². The summed E-state index contributed by atoms with van der Waals surface area (Å²) >= 11 is 12.8. The van der Waals surface area contributed by atoms with E-state index in [-0.39, 0.29) is 17.6 Å². The first-order valence-corrected chi connectivity index (χ1v) is 14.6. The molecule has 2 fully saturated rings. The number of carboxylic acid groups (broad SMARTS) is 1. The standard InChI is InChI=1S/C32H31ClN4O3S/c1-19-14-20(2)18-36(17-19)26-10-9-23(16-24(26)33)37-30(29(35-32(37)41)25-8-3-4-13-34-25)28-12-11-27(40-28)21-6-5-7-22(15-21)31(38)39/h3-13,15-16,19-20,29-30H,14,17-18H2,1-2H3,(H,35,41)(H,38,39)/t19-,20-,29-,30-/m0/s1. The quantitative estimate of drug-likeness (QED) is 0.227. The van der Waals surface area contributed by atoms with Crippen LogP contribution in [0.15, 0.2) is 83.4 Å². The van der Waals surface area contributed by atoms with Gasteiger partial charge < -0.3 is 24.6 Å². The molecule has 4 aromatic rings. The number of rotatable bonds is 6. The number of carbonyl (C=O) groups is 1. The van der Waals surface area contributed by atoms with Gasteiger partial charge in [-0.1, -0.05) is 43.6 Å². The van der Waals surface area contributed by atoms with E-state index in [2.05, 4.69) is 41.2 Å². The van der Waals surface area contributed by atoms with Gasteiger partial charge in [0, 0.05) is 30.5 Å². The van der Waals surface area contributed by atoms with Crippen molar-refractivity contribution in [1.82, 2.24) is 10.3 Å². The molecule has 0 saturated carbocycles. The molecule has 2 saturated heterocycles. The number of anilines is 2. The monoisotopic (exact) mass is 586 g/mol. The fraction of sp³-hybridized carbons (Fsp3) is 0.281. The number of thiocarbonyl (C=S) groups is 1. The highest BCUT2D eigenvalue weighted by Crippen LogP contribution is 2.44. The number of nitrogens with zero attached hydrogens (tertiary/aromatic N) is 3. The number of pyridine rings is 1. The van der Waals surface area contributed by atoms with E-state index in [1.165, 1.54) is 6.42 Å². The molecular weight excluding hydrogens is 556 g/mol. The second kappa shape index (κ2) is 11.2. The maximum atomic E-state index is 11.5. The molecule has 210 valence electrons. The molecule has 2 aliphatic rings. The Hall–Kier alpha value is -3.88. The molecule has 2 aliphatic heterocycles. The van der Waals surface area contributed by atoms with E-state index in [0.29, 0.717) is 39.1 Å². The lowest BCUT2D eigenvalue weighted by molar-refractivity contribution is 0.0697. The van der Waals surface area contributed by atoms with Gasteiger partial charge in [-0.25, -0.2) is 4.79 Å². The van der Waals surface area contributed by atoms with Gasteiger partial charge in [0.1, 0.15) is 17.6 Å². The lowest BCUT2D eigenvalue weighted by Gasteiger charge is -2.37. The van der Waals surface area contributed by atoms with Gasteiger partial charge in [-0.3, -0.25) is 4.98 Å². The summed E-state index contributed by atoms with van der Waals surface area (Å²) in [6.07, 6.45) is 2.99. The van der Waals surface area contributed by atoms with Gasteiger partial charge in [-0.05, 0) is 85.1 Å². The van der Waals surface area contributed by atoms with Crippen LogP contribution in [0.4, 0.5) is 11.4 Å². The van der Waals surface area contributed by atoms with Crippen LogP contribution >= 0.6 is 23.8 Å². The van der Waals surface area contributed by atoms with E-state index < -0.39 is 5.97 Å². The number of aromatic nitrogens is 1. The molecule has 4 heterocycles. The minimum atomic E-state index is -0.987. The van der Waals surface area contributed by atoms with Crippen LogP contribution in [0.25, 0.3) is 11.3 Å². The normalized spacial score (nSPS) is 22.6. The van der Waals surface area contributed by atoms with Crippen molar-refractivity contribution < 1.29 is 14.3 Å². The van der Waals surface area contributed by atoms with Gasteiger partial charge >= 0.3 is 5.97 Å². The summed E-state index contributed by atoms with van der Waals surface area (Å²) in [6.45, 7) is 6.54. The third kappa shape index (κ3) is 5.42. The van der Waals surface area contributed by atoms with Crippen LogP contribution < -0.4 is 15.1 Å². The van der Waals surface area contributed by atoms with Crippen molar-refractivity contribution in [2.75, 3.05) is 22.9 Å². The maximum Gasteiger partial charge on any atom is 0.335 e. The molecule has 2 aromatic heterocycles. The lowest BCUT2D eigenvalue weighted by Crippen LogP contribution is -2.38. The topological polar surface area (TPSA) is 81.8 Å². The number of hydrogen-bond acceptors (Lipinski definition) is 5. The van der Waals surface area contributed by atoms with Crippen molar-refractivity contribution in [1.29, 1.82) is 0 Å². The Morgan fingerprint density at radius 3 is 2.56 bits per heavy atom. The Bertz CT molecular complexity index is 1580. The van der Waals surface area contributed by atoms with E-state index in [1.54, 1.807) is 24.4 Å². The summed E-state index contributed by atoms with van der Waals surface area (Å²) < 4.78 is 6.41. The fourth-order valence-corrected chi connectivity index (χ4v) is 6.80. The summed E-state index contributed by atoms with van der Waals surface area (Å²) in [4.78, 5) is 20.6. The van der Waals surface area contributed by atoms with Gasteiger partial charge in [0.15, 0.2) is 5.11 Å². The average molecular weight is 587 g/mol. The van der Waals surface area contributed by atoms with Gasteiger partial charge in [-0.15, -0.1) is 0 Å². The summed E-state index contributed by atoms with van der Waals surface area (Å²) in [7, 11) is 0. The number of aromatic carboxylic acids is 1. The van der Waals surface area contributed by atoms with Gasteiger partial charge in [0.2, 0.25) is 0 Å². The van der Waals surface area contributed by atoms with Crippen LogP contribution in [0.3, 0.4) is 0 Å². The van der Waals surface area contributed by atoms with Crippen molar-refractivity contribution >= 4 is 46.3 Å². The zero-order valence-corrected chi connectivity index (χ0v) is 24.4. The lowest BCUT2D eigenvalue weighted by atomic mass is 9.91. The van der Waals surface area contributed by atoms with Crippen molar-refractivity contribution in [3.05, 3.63) is 101 Å². The van der Waals surface area contributed by atoms with E-state index >= 15 is 0 Å². The molecule has 0 aliphatic carbocycles. The highest BCUT2D eigenvalue weighted by Gasteiger charge is 2.43. The molecule has 4 atom stereocenters. The van der Waals surface area contributed by atoms with Crippen molar-refractivity contribution in [3.63, 3.8) is 0 Å². The Kier molecular flexibility index (Phi) is 7.45. The SMILES string of the molecule is C[C@H]1C[C@H](C)CN(c2ccc(N3C(=S)N[C@@H](c4ccccn4)[C@@H]3c3ccc(-c4cccc(C(=O)O)c4)o3)cc2Cl)C1. The highest BCUT2D eigenvalue weighted by molar-refractivity contribution is 7.80. The molecule has 0 bridgehead atoms. The zero-order chi connectivity index (χ0) is 28.7. The largest absolute Gasteiger partial charge is 0.478 e. The van der Waals surface area contributed by atoms with Crippen LogP contribution in [0, 0.1) is 11.8 Å². The predicted octanol–water partition coefficient (Wildman–Crippen LogP) is 7.35. The summed E-state index contributed by atoms with van der Waals surface area (Å²) in [6, 6.07) is 21.8. The van der Waals surface area contributed by atoms with Crippen LogP contribution in [-0.2, 0) is 0 Å². The first kappa shape index (κ1) is 27.3. The minimum absolute atomic E-state index is 0.198. The first-order valence-electron chi connectivity index (χ1n) is 13.8. The molecule has 6 rings (SSSR count). The van der Waals surface area contributed by atoms with Crippen LogP contribution in [0.1, 0.15) is 54.2 Å². The van der Waals surface area contributed by atoms with Crippen molar-refractivity contribution in [2.45, 2.75) is 32.4 Å². The molecule has 9 heteroatoms. The van der Waals surface area contributed by atoms with E-state index in [1.807, 2.05) is 47.4 Å². The fourth-order valence-electron chi connectivity index (χ4n) is 6.16. The first-order chi connectivity index (χ1) is 19.8. The second-order valence-electron chi connectivity index (χ2n) is 11.1. The van der Waals surface area contributed by atoms with Crippen molar-refractivity contribution in [2.24, 2.45) is 11.8 Å². The molecule has 2 aromatic carbocycles.